The summed E-state index contributed by atoms with van der Waals surface area (Å²) in [6, 6.07) is 24.7. The van der Waals surface area contributed by atoms with Crippen LogP contribution in [0.15, 0.2) is 115 Å². The molecule has 0 radical (unpaired) electrons. The molecule has 390 valence electrons. The van der Waals surface area contributed by atoms with Crippen molar-refractivity contribution in [3.05, 3.63) is 169 Å². The van der Waals surface area contributed by atoms with Gasteiger partial charge in [-0.05, 0) is 191 Å². The monoisotopic (exact) mass is 1030 g/mol. The van der Waals surface area contributed by atoms with E-state index in [0.717, 1.165) is 175 Å². The molecule has 3 atom stereocenters. The molecule has 1 aromatic carbocycles. The third-order valence-corrected chi connectivity index (χ3v) is 18.1. The van der Waals surface area contributed by atoms with Gasteiger partial charge in [0.15, 0.2) is 0 Å². The summed E-state index contributed by atoms with van der Waals surface area (Å²) in [4.78, 5) is 24.0. The van der Waals surface area contributed by atoms with Gasteiger partial charge in [0.25, 0.3) is 0 Å². The highest BCUT2D eigenvalue weighted by atomic mass is 32.1. The van der Waals surface area contributed by atoms with E-state index in [9.17, 15) is 4.39 Å². The zero-order valence-electron chi connectivity index (χ0n) is 43.7. The third-order valence-electron chi connectivity index (χ3n) is 16.0. The molecule has 8 heterocycles. The number of benzene rings is 1. The lowest BCUT2D eigenvalue weighted by atomic mass is 9.82. The lowest BCUT2D eigenvalue weighted by Crippen LogP contribution is -2.32. The maximum Gasteiger partial charge on any atom is 0.123 e. The van der Waals surface area contributed by atoms with Crippen molar-refractivity contribution in [2.75, 3.05) is 78.9 Å². The van der Waals surface area contributed by atoms with Gasteiger partial charge < -0.3 is 14.2 Å². The summed E-state index contributed by atoms with van der Waals surface area (Å²) in [5.41, 5.74) is 9.35. The Morgan fingerprint density at radius 1 is 0.548 bits per heavy atom. The van der Waals surface area contributed by atoms with Crippen LogP contribution >= 0.6 is 22.7 Å². The Morgan fingerprint density at radius 3 is 1.60 bits per heavy atom. The maximum atomic E-state index is 13.7. The first-order valence-corrected chi connectivity index (χ1v) is 28.9. The fourth-order valence-electron chi connectivity index (χ4n) is 11.7. The Balaban J connectivity index is 0.740. The SMILES string of the molecule is CCOC[C@]1(CCc2csc(CCOC[C@]3(CCc4cc(CCCOC[C@]5(CCc6ccc(F)cc6)CCN(Cc6cccnc6)C5)cs4)CCN(Cc4ccc(C)nc4)C3)c2)CCN(Cc2cccnc2)C1. The molecule has 5 aromatic heterocycles. The van der Waals surface area contributed by atoms with Crippen molar-refractivity contribution in [1.29, 1.82) is 0 Å². The molecule has 0 saturated carbocycles. The Labute approximate surface area is 443 Å². The van der Waals surface area contributed by atoms with Crippen LogP contribution in [-0.2, 0) is 65.9 Å². The molecule has 0 amide bonds. The number of halogens is 1. The molecule has 9 rings (SSSR count). The summed E-state index contributed by atoms with van der Waals surface area (Å²) >= 11 is 3.82. The molecule has 3 aliphatic heterocycles. The number of thiophene rings is 2. The highest BCUT2D eigenvalue weighted by Crippen LogP contribution is 2.40. The van der Waals surface area contributed by atoms with Crippen LogP contribution in [0.5, 0.6) is 0 Å². The summed E-state index contributed by atoms with van der Waals surface area (Å²) in [7, 11) is 0. The fourth-order valence-corrected chi connectivity index (χ4v) is 13.5. The second-order valence-corrected chi connectivity index (χ2v) is 24.0. The standard InChI is InChI=1S/C61H79FN6O3S2/c1-3-69-46-59(23-28-66(43-59)38-53-7-4-26-63-35-53)21-17-52-34-58(73-42-52)19-32-71-48-61(25-30-68(45-61)40-55-11-10-49(2)65-37-55)22-18-57-33-51(41-72-57)9-6-31-70-47-60(20-16-50-12-14-56(62)15-13-50)24-29-67(44-60)39-54-8-5-27-64-36-54/h4-5,7-8,10-15,26-27,33-37,41-42H,3,6,9,16-25,28-32,38-40,43-48H2,1-2H3/t59-,60-,61-/m1/s1. The summed E-state index contributed by atoms with van der Waals surface area (Å²) in [5, 5.41) is 4.76. The molecule has 3 aliphatic rings. The van der Waals surface area contributed by atoms with Crippen molar-refractivity contribution in [1.82, 2.24) is 29.7 Å². The van der Waals surface area contributed by atoms with E-state index in [-0.39, 0.29) is 22.1 Å². The largest absolute Gasteiger partial charge is 0.381 e. The smallest absolute Gasteiger partial charge is 0.123 e. The van der Waals surface area contributed by atoms with Crippen molar-refractivity contribution in [3.63, 3.8) is 0 Å². The van der Waals surface area contributed by atoms with Gasteiger partial charge in [0.2, 0.25) is 0 Å². The van der Waals surface area contributed by atoms with Crippen molar-refractivity contribution in [2.45, 2.75) is 111 Å². The van der Waals surface area contributed by atoms with E-state index in [2.05, 4.69) is 90.7 Å². The highest BCUT2D eigenvalue weighted by molar-refractivity contribution is 7.10. The van der Waals surface area contributed by atoms with E-state index in [1.54, 1.807) is 12.1 Å². The molecular weight excluding hydrogens is 948 g/mol. The van der Waals surface area contributed by atoms with Crippen LogP contribution in [0.3, 0.4) is 0 Å². The van der Waals surface area contributed by atoms with Gasteiger partial charge in [-0.15, -0.1) is 22.7 Å². The molecular formula is C61H79FN6O3S2. The molecule has 0 unspecified atom stereocenters. The fraction of sp³-hybridized carbons (Fsp3) is 0.525. The molecule has 0 aliphatic carbocycles. The Hall–Kier alpha value is -4.24. The van der Waals surface area contributed by atoms with Gasteiger partial charge in [-0.1, -0.05) is 30.3 Å². The molecule has 73 heavy (non-hydrogen) atoms. The summed E-state index contributed by atoms with van der Waals surface area (Å²) < 4.78 is 33.1. The van der Waals surface area contributed by atoms with Crippen LogP contribution in [0.2, 0.25) is 0 Å². The van der Waals surface area contributed by atoms with Crippen LogP contribution in [-0.4, -0.2) is 109 Å². The number of nitrogens with zero attached hydrogens (tertiary/aromatic N) is 6. The first-order valence-electron chi connectivity index (χ1n) is 27.2. The topological polar surface area (TPSA) is 76.1 Å². The molecule has 3 fully saturated rings. The van der Waals surface area contributed by atoms with Crippen molar-refractivity contribution in [3.8, 4) is 0 Å². The Bertz CT molecular complexity index is 2550. The van der Waals surface area contributed by atoms with Gasteiger partial charge in [-0.3, -0.25) is 29.7 Å². The van der Waals surface area contributed by atoms with E-state index < -0.39 is 0 Å². The predicted molar refractivity (Wildman–Crippen MR) is 295 cm³/mol. The third kappa shape index (κ3) is 16.1. The van der Waals surface area contributed by atoms with Crippen molar-refractivity contribution < 1.29 is 18.6 Å². The van der Waals surface area contributed by atoms with Crippen LogP contribution in [0, 0.1) is 29.0 Å². The van der Waals surface area contributed by atoms with Crippen molar-refractivity contribution in [2.24, 2.45) is 16.2 Å². The van der Waals surface area contributed by atoms with E-state index >= 15 is 0 Å². The predicted octanol–water partition coefficient (Wildman–Crippen LogP) is 11.9. The molecule has 0 N–H and O–H groups in total. The highest BCUT2D eigenvalue weighted by Gasteiger charge is 2.40. The summed E-state index contributed by atoms with van der Waals surface area (Å²) in [6.07, 6.45) is 22.6. The van der Waals surface area contributed by atoms with E-state index in [0.29, 0.717) is 0 Å². The number of ether oxygens (including phenoxy) is 3. The average molecular weight is 1030 g/mol. The minimum Gasteiger partial charge on any atom is -0.381 e. The minimum absolute atomic E-state index is 0.0838. The normalized spacial score (nSPS) is 21.7. The maximum absolute atomic E-state index is 13.7. The number of aryl methyl sites for hydroxylation is 5. The van der Waals surface area contributed by atoms with Crippen LogP contribution in [0.25, 0.3) is 0 Å². The summed E-state index contributed by atoms with van der Waals surface area (Å²) in [5.74, 6) is -0.178. The first-order chi connectivity index (χ1) is 35.7. The van der Waals surface area contributed by atoms with Gasteiger partial charge in [-0.25, -0.2) is 4.39 Å². The lowest BCUT2D eigenvalue weighted by molar-refractivity contribution is 0.0408. The minimum atomic E-state index is -0.178. The number of hydrogen-bond donors (Lipinski definition) is 0. The zero-order valence-corrected chi connectivity index (χ0v) is 45.3. The molecule has 3 saturated heterocycles. The second-order valence-electron chi connectivity index (χ2n) is 22.0. The van der Waals surface area contributed by atoms with Gasteiger partial charge >= 0.3 is 0 Å². The molecule has 6 aromatic rings. The molecule has 0 bridgehead atoms. The number of aromatic nitrogens is 3. The van der Waals surface area contributed by atoms with E-state index in [1.165, 1.54) is 49.6 Å². The molecule has 0 spiro atoms. The number of pyridine rings is 3. The van der Waals surface area contributed by atoms with Gasteiger partial charge in [0.1, 0.15) is 5.82 Å². The van der Waals surface area contributed by atoms with Gasteiger partial charge in [0.05, 0.1) is 26.4 Å². The molecule has 12 heteroatoms. The number of hydrogen-bond acceptors (Lipinski definition) is 11. The number of rotatable bonds is 29. The number of likely N-dealkylation sites (tertiary alicyclic amines) is 3. The summed E-state index contributed by atoms with van der Waals surface area (Å²) in [6.45, 7) is 18.0. The van der Waals surface area contributed by atoms with Crippen LogP contribution in [0.1, 0.15) is 101 Å². The first kappa shape index (κ1) is 53.6. The average Bonchev–Trinajstić information content (AvgIpc) is 4.28. The van der Waals surface area contributed by atoms with E-state index in [1.807, 2.05) is 77.9 Å². The Kier molecular flexibility index (Phi) is 19.4. The van der Waals surface area contributed by atoms with E-state index in [4.69, 9.17) is 14.2 Å². The van der Waals surface area contributed by atoms with Crippen molar-refractivity contribution >= 4 is 22.7 Å². The Morgan fingerprint density at radius 2 is 1.05 bits per heavy atom. The second kappa shape index (κ2) is 26.5. The van der Waals surface area contributed by atoms with Crippen LogP contribution in [0.4, 0.5) is 4.39 Å². The lowest BCUT2D eigenvalue weighted by Gasteiger charge is -2.30. The van der Waals surface area contributed by atoms with Crippen LogP contribution < -0.4 is 0 Å². The quantitative estimate of drug-likeness (QED) is 0.0427. The van der Waals surface area contributed by atoms with Gasteiger partial charge in [0, 0.05) is 122 Å². The zero-order chi connectivity index (χ0) is 50.2. The van der Waals surface area contributed by atoms with Gasteiger partial charge in [-0.2, -0.15) is 0 Å². The molecule has 9 nitrogen and oxygen atoms in total.